The van der Waals surface area contributed by atoms with Gasteiger partial charge in [-0.15, -0.1) is 0 Å². The fourth-order valence-electron chi connectivity index (χ4n) is 1.99. The number of rotatable bonds is 4. The number of methoxy groups -OCH3 is 1. The Kier molecular flexibility index (Phi) is 4.83. The van der Waals surface area contributed by atoms with Crippen molar-refractivity contribution in [2.45, 2.75) is 11.1 Å². The van der Waals surface area contributed by atoms with Crippen LogP contribution in [0.15, 0.2) is 53.4 Å². The van der Waals surface area contributed by atoms with Gasteiger partial charge in [0, 0.05) is 0 Å². The van der Waals surface area contributed by atoms with Crippen LogP contribution in [0, 0.1) is 0 Å². The summed E-state index contributed by atoms with van der Waals surface area (Å²) in [6, 6.07) is 9.21. The maximum atomic E-state index is 13.0. The smallest absolute Gasteiger partial charge is 0.417 e. The molecule has 0 aromatic heterocycles. The number of benzene rings is 2. The molecule has 0 heterocycles. The van der Waals surface area contributed by atoms with Crippen molar-refractivity contribution < 1.29 is 31.1 Å². The molecule has 128 valence electrons. The van der Waals surface area contributed by atoms with E-state index < -0.39 is 32.6 Å². The van der Waals surface area contributed by atoms with Crippen LogP contribution in [0.5, 0.6) is 0 Å². The highest BCUT2D eigenvalue weighted by molar-refractivity contribution is 7.92. The lowest BCUT2D eigenvalue weighted by molar-refractivity contribution is -0.139. The van der Waals surface area contributed by atoms with Crippen molar-refractivity contribution in [3.63, 3.8) is 0 Å². The number of anilines is 1. The molecule has 2 rings (SSSR count). The maximum absolute atomic E-state index is 13.0. The van der Waals surface area contributed by atoms with Crippen LogP contribution in [-0.4, -0.2) is 21.5 Å². The first kappa shape index (κ1) is 17.8. The first-order chi connectivity index (χ1) is 11.2. The lowest BCUT2D eigenvalue weighted by atomic mass is 10.2. The normalized spacial score (nSPS) is 11.8. The molecule has 5 nitrogen and oxygen atoms in total. The molecule has 0 unspecified atom stereocenters. The molecule has 1 N–H and O–H groups in total. The van der Waals surface area contributed by atoms with Gasteiger partial charge in [-0.25, -0.2) is 13.2 Å². The van der Waals surface area contributed by atoms with Gasteiger partial charge in [-0.05, 0) is 24.3 Å². The number of para-hydroxylation sites is 1. The van der Waals surface area contributed by atoms with Gasteiger partial charge in [0.05, 0.1) is 28.8 Å². The number of carbonyl (C=O) groups is 1. The molecule has 0 aliphatic carbocycles. The average molecular weight is 359 g/mol. The highest BCUT2D eigenvalue weighted by Crippen LogP contribution is 2.34. The molecule has 0 bridgehead atoms. The Labute approximate surface area is 136 Å². The fraction of sp³-hybridized carbons (Fsp3) is 0.133. The van der Waals surface area contributed by atoms with Crippen LogP contribution in [0.3, 0.4) is 0 Å². The van der Waals surface area contributed by atoms with Crippen molar-refractivity contribution in [2.75, 3.05) is 11.8 Å². The number of carbonyl (C=O) groups excluding carboxylic acids is 1. The Morgan fingerprint density at radius 2 is 1.62 bits per heavy atom. The van der Waals surface area contributed by atoms with E-state index in [0.29, 0.717) is 6.07 Å². The summed E-state index contributed by atoms with van der Waals surface area (Å²) in [4.78, 5) is 10.7. The zero-order valence-corrected chi connectivity index (χ0v) is 13.1. The molecule has 0 atom stereocenters. The van der Waals surface area contributed by atoms with E-state index in [0.717, 1.165) is 19.2 Å². The second-order valence-electron chi connectivity index (χ2n) is 4.64. The van der Waals surface area contributed by atoms with Crippen molar-refractivity contribution in [1.29, 1.82) is 0 Å². The highest BCUT2D eigenvalue weighted by Gasteiger charge is 2.37. The first-order valence-corrected chi connectivity index (χ1v) is 8.01. The Morgan fingerprint density at radius 3 is 2.25 bits per heavy atom. The van der Waals surface area contributed by atoms with E-state index in [9.17, 15) is 26.4 Å². The van der Waals surface area contributed by atoms with Crippen LogP contribution in [0.2, 0.25) is 0 Å². The Hall–Kier alpha value is -2.55. The van der Waals surface area contributed by atoms with E-state index in [1.54, 1.807) is 0 Å². The van der Waals surface area contributed by atoms with E-state index in [-0.39, 0.29) is 11.3 Å². The van der Waals surface area contributed by atoms with Crippen LogP contribution in [0.25, 0.3) is 0 Å². The number of halogens is 3. The zero-order valence-electron chi connectivity index (χ0n) is 12.3. The quantitative estimate of drug-likeness (QED) is 0.851. The van der Waals surface area contributed by atoms with Gasteiger partial charge < -0.3 is 4.74 Å². The third-order valence-electron chi connectivity index (χ3n) is 3.06. The lowest BCUT2D eigenvalue weighted by Gasteiger charge is -2.15. The van der Waals surface area contributed by atoms with Gasteiger partial charge in [0.1, 0.15) is 0 Å². The lowest BCUT2D eigenvalue weighted by Crippen LogP contribution is -2.20. The summed E-state index contributed by atoms with van der Waals surface area (Å²) in [5, 5.41) is 0. The predicted octanol–water partition coefficient (Wildman–Crippen LogP) is 3.29. The molecule has 0 amide bonds. The molecule has 0 saturated carbocycles. The summed E-state index contributed by atoms with van der Waals surface area (Å²) in [5.74, 6) is -0.822. The molecule has 2 aromatic carbocycles. The second-order valence-corrected chi connectivity index (χ2v) is 6.29. The van der Waals surface area contributed by atoms with Gasteiger partial charge in [-0.1, -0.05) is 24.3 Å². The number of hydrogen-bond donors (Lipinski definition) is 1. The molecular weight excluding hydrogens is 347 g/mol. The third-order valence-corrected chi connectivity index (χ3v) is 4.48. The monoisotopic (exact) mass is 359 g/mol. The van der Waals surface area contributed by atoms with Crippen molar-refractivity contribution in [1.82, 2.24) is 0 Å². The van der Waals surface area contributed by atoms with E-state index in [4.69, 9.17) is 0 Å². The molecule has 9 heteroatoms. The van der Waals surface area contributed by atoms with Gasteiger partial charge in [-0.2, -0.15) is 13.2 Å². The van der Waals surface area contributed by atoms with Crippen molar-refractivity contribution in [3.8, 4) is 0 Å². The molecule has 0 radical (unpaired) electrons. The number of alkyl halides is 3. The molecule has 2 aromatic rings. The Balaban J connectivity index is 2.51. The predicted molar refractivity (Wildman–Crippen MR) is 80.0 cm³/mol. The van der Waals surface area contributed by atoms with E-state index in [1.165, 1.54) is 30.3 Å². The molecule has 24 heavy (non-hydrogen) atoms. The summed E-state index contributed by atoms with van der Waals surface area (Å²) < 4.78 is 70.3. The molecular formula is C15H12F3NO4S. The van der Waals surface area contributed by atoms with Crippen molar-refractivity contribution in [3.05, 3.63) is 59.7 Å². The van der Waals surface area contributed by atoms with Gasteiger partial charge in [0.2, 0.25) is 0 Å². The number of ether oxygens (including phenoxy) is 1. The maximum Gasteiger partial charge on any atom is 0.417 e. The van der Waals surface area contributed by atoms with E-state index in [2.05, 4.69) is 4.74 Å². The van der Waals surface area contributed by atoms with Crippen LogP contribution >= 0.6 is 0 Å². The highest BCUT2D eigenvalue weighted by atomic mass is 32.2. The van der Waals surface area contributed by atoms with Crippen molar-refractivity contribution >= 4 is 21.7 Å². The zero-order chi connectivity index (χ0) is 18.0. The van der Waals surface area contributed by atoms with Gasteiger partial charge in [0.15, 0.2) is 0 Å². The minimum Gasteiger partial charge on any atom is -0.465 e. The van der Waals surface area contributed by atoms with Gasteiger partial charge in [-0.3, -0.25) is 4.72 Å². The number of esters is 1. The van der Waals surface area contributed by atoms with Gasteiger partial charge >= 0.3 is 12.1 Å². The fourth-order valence-corrected chi connectivity index (χ4v) is 3.30. The van der Waals surface area contributed by atoms with E-state index in [1.807, 2.05) is 4.72 Å². The largest absolute Gasteiger partial charge is 0.465 e. The third kappa shape index (κ3) is 3.67. The Morgan fingerprint density at radius 1 is 1.04 bits per heavy atom. The minimum absolute atomic E-state index is 0.118. The summed E-state index contributed by atoms with van der Waals surface area (Å²) in [5.41, 5.74) is -1.59. The topological polar surface area (TPSA) is 72.5 Å². The molecule has 0 spiro atoms. The van der Waals surface area contributed by atoms with Gasteiger partial charge in [0.25, 0.3) is 10.0 Å². The summed E-state index contributed by atoms with van der Waals surface area (Å²) in [6.07, 6.45) is -4.84. The minimum atomic E-state index is -4.84. The van der Waals surface area contributed by atoms with Crippen LogP contribution in [0.4, 0.5) is 18.9 Å². The molecule has 0 saturated heterocycles. The number of sulfonamides is 1. The SMILES string of the molecule is COC(=O)c1ccccc1NS(=O)(=O)c1ccccc1C(F)(F)F. The van der Waals surface area contributed by atoms with Crippen LogP contribution < -0.4 is 4.72 Å². The number of nitrogens with one attached hydrogen (secondary N) is 1. The molecule has 0 aliphatic heterocycles. The number of hydrogen-bond acceptors (Lipinski definition) is 4. The summed E-state index contributed by atoms with van der Waals surface area (Å²) >= 11 is 0. The van der Waals surface area contributed by atoms with Crippen LogP contribution in [0.1, 0.15) is 15.9 Å². The standard InChI is InChI=1S/C15H12F3NO4S/c1-23-14(20)10-6-2-4-8-12(10)19-24(21,22)13-9-5-3-7-11(13)15(16,17)18/h2-9,19H,1H3. The van der Waals surface area contributed by atoms with Crippen LogP contribution in [-0.2, 0) is 20.9 Å². The first-order valence-electron chi connectivity index (χ1n) is 6.53. The Bertz CT molecular complexity index is 863. The average Bonchev–Trinajstić information content (AvgIpc) is 2.53. The molecule has 0 aliphatic rings. The summed E-state index contributed by atoms with van der Waals surface area (Å²) in [6.45, 7) is 0. The second kappa shape index (κ2) is 6.52. The van der Waals surface area contributed by atoms with Crippen molar-refractivity contribution in [2.24, 2.45) is 0 Å². The van der Waals surface area contributed by atoms with E-state index >= 15 is 0 Å². The molecule has 0 fully saturated rings. The summed E-state index contributed by atoms with van der Waals surface area (Å²) in [7, 11) is -3.47.